The van der Waals surface area contributed by atoms with Gasteiger partial charge in [0.2, 0.25) is 11.8 Å². The molecule has 1 aliphatic heterocycles. The third kappa shape index (κ3) is 6.19. The summed E-state index contributed by atoms with van der Waals surface area (Å²) < 4.78 is 63.5. The van der Waals surface area contributed by atoms with Gasteiger partial charge >= 0.3 is 17.9 Å². The van der Waals surface area contributed by atoms with Crippen LogP contribution in [0.1, 0.15) is 20.8 Å². The molecule has 12 heteroatoms. The van der Waals surface area contributed by atoms with Crippen LogP contribution in [0.3, 0.4) is 0 Å². The van der Waals surface area contributed by atoms with E-state index in [0.29, 0.717) is 5.56 Å². The molecule has 1 aliphatic rings. The largest absolute Gasteiger partial charge is 0.472 e. The van der Waals surface area contributed by atoms with Crippen molar-refractivity contribution in [1.29, 1.82) is 0 Å². The fourth-order valence-electron chi connectivity index (χ4n) is 3.30. The fraction of sp³-hybridized carbons (Fsp3) is 0.364. The molecule has 1 fully saturated rings. The second-order valence-electron chi connectivity index (χ2n) is 7.26. The molecular weight excluding hydrogens is 479 g/mol. The summed E-state index contributed by atoms with van der Waals surface area (Å²) in [6.07, 6.45) is -2.41. The summed E-state index contributed by atoms with van der Waals surface area (Å²) >= 11 is 0.988. The van der Waals surface area contributed by atoms with E-state index < -0.39 is 65.0 Å². The zero-order valence-corrected chi connectivity index (χ0v) is 19.1. The molecule has 0 unspecified atom stereocenters. The number of benzene rings is 1. The maximum absolute atomic E-state index is 14.6. The minimum Gasteiger partial charge on any atom is -0.472 e. The number of thioether (sulfide) groups is 1. The lowest BCUT2D eigenvalue weighted by atomic mass is 10.1. The van der Waals surface area contributed by atoms with Gasteiger partial charge in [-0.1, -0.05) is 0 Å². The Morgan fingerprint density at radius 1 is 0.912 bits per heavy atom. The molecule has 0 amide bonds. The Balaban J connectivity index is 1.96. The van der Waals surface area contributed by atoms with Gasteiger partial charge in [0.15, 0.2) is 35.3 Å². The molecule has 34 heavy (non-hydrogen) atoms. The van der Waals surface area contributed by atoms with Gasteiger partial charge in [-0.15, -0.1) is 11.8 Å². The molecule has 2 aromatic rings. The van der Waals surface area contributed by atoms with Crippen LogP contribution >= 0.6 is 11.8 Å². The lowest BCUT2D eigenvalue weighted by Crippen LogP contribution is -2.55. The van der Waals surface area contributed by atoms with E-state index in [4.69, 9.17) is 18.9 Å². The zero-order valence-electron chi connectivity index (χ0n) is 18.3. The third-order valence-electron chi connectivity index (χ3n) is 4.60. The molecule has 3 rings (SSSR count). The van der Waals surface area contributed by atoms with Gasteiger partial charge in [0.25, 0.3) is 0 Å². The summed E-state index contributed by atoms with van der Waals surface area (Å²) in [7, 11) is 0. The highest BCUT2D eigenvalue weighted by molar-refractivity contribution is 7.99. The maximum atomic E-state index is 14.6. The van der Waals surface area contributed by atoms with E-state index in [0.717, 1.165) is 50.9 Å². The minimum absolute atomic E-state index is 0.0473. The van der Waals surface area contributed by atoms with Crippen LogP contribution in [0.25, 0.3) is 11.1 Å². The van der Waals surface area contributed by atoms with Crippen molar-refractivity contribution in [3.05, 3.63) is 48.0 Å². The van der Waals surface area contributed by atoms with E-state index in [1.165, 1.54) is 12.1 Å². The monoisotopic (exact) mass is 499 g/mol. The standard InChI is InChI=1S/C22H20F3NO7S/c1-10(27)30-17-9-34-22(21(32-12(3)29)20(17)31-11(2)28)33-16-7-14(6-15(23)19(16)25)13-4-5-18(24)26-8-13/h4-8,17,20-22H,9H2,1-3H3/t17-,20+,21-,22+/m1/s1. The van der Waals surface area contributed by atoms with Crippen LogP contribution in [0.5, 0.6) is 5.75 Å². The van der Waals surface area contributed by atoms with E-state index in [9.17, 15) is 27.6 Å². The Morgan fingerprint density at radius 3 is 2.15 bits per heavy atom. The van der Waals surface area contributed by atoms with Crippen molar-refractivity contribution in [1.82, 2.24) is 4.98 Å². The Kier molecular flexibility index (Phi) is 8.02. The highest BCUT2D eigenvalue weighted by atomic mass is 32.2. The van der Waals surface area contributed by atoms with Crippen LogP contribution in [0.15, 0.2) is 30.5 Å². The smallest absolute Gasteiger partial charge is 0.303 e. The number of carbonyl (C=O) groups is 3. The number of pyridine rings is 1. The average molecular weight is 499 g/mol. The van der Waals surface area contributed by atoms with Crippen molar-refractivity contribution in [2.45, 2.75) is 44.5 Å². The molecule has 1 saturated heterocycles. The third-order valence-corrected chi connectivity index (χ3v) is 5.82. The number of rotatable bonds is 6. The van der Waals surface area contributed by atoms with Crippen molar-refractivity contribution in [3.63, 3.8) is 0 Å². The summed E-state index contributed by atoms with van der Waals surface area (Å²) in [4.78, 5) is 38.4. The van der Waals surface area contributed by atoms with Crippen molar-refractivity contribution < 1.29 is 46.5 Å². The van der Waals surface area contributed by atoms with Crippen LogP contribution in [0.2, 0.25) is 0 Å². The van der Waals surface area contributed by atoms with E-state index in [2.05, 4.69) is 4.98 Å². The van der Waals surface area contributed by atoms with Gasteiger partial charge in [0.05, 0.1) is 0 Å². The van der Waals surface area contributed by atoms with Gasteiger partial charge in [0.1, 0.15) is 0 Å². The van der Waals surface area contributed by atoms with E-state index in [-0.39, 0.29) is 11.3 Å². The van der Waals surface area contributed by atoms with Gasteiger partial charge < -0.3 is 18.9 Å². The molecule has 0 bridgehead atoms. The van der Waals surface area contributed by atoms with E-state index in [1.54, 1.807) is 0 Å². The topological polar surface area (TPSA) is 101 Å². The number of esters is 3. The Labute approximate surface area is 196 Å². The SMILES string of the molecule is CC(=O)O[C@@H]1[C@@H](OC(C)=O)[C@@H](Oc2cc(-c3ccc(F)nc3)cc(F)c2F)SC[C@H]1OC(C)=O. The zero-order chi connectivity index (χ0) is 25.0. The molecule has 182 valence electrons. The fourth-order valence-corrected chi connectivity index (χ4v) is 4.51. The van der Waals surface area contributed by atoms with Crippen LogP contribution < -0.4 is 4.74 Å². The second kappa shape index (κ2) is 10.8. The first-order chi connectivity index (χ1) is 16.0. The number of nitrogens with zero attached hydrogens (tertiary/aromatic N) is 1. The van der Waals surface area contributed by atoms with Gasteiger partial charge in [-0.3, -0.25) is 14.4 Å². The molecule has 0 radical (unpaired) electrons. The summed E-state index contributed by atoms with van der Waals surface area (Å²) in [5.74, 6) is -5.94. The summed E-state index contributed by atoms with van der Waals surface area (Å²) in [6.45, 7) is 3.37. The predicted octanol–water partition coefficient (Wildman–Crippen LogP) is 3.41. The lowest BCUT2D eigenvalue weighted by molar-refractivity contribution is -0.186. The minimum atomic E-state index is -1.32. The predicted molar refractivity (Wildman–Crippen MR) is 113 cm³/mol. The van der Waals surface area contributed by atoms with Gasteiger partial charge in [0, 0.05) is 38.3 Å². The van der Waals surface area contributed by atoms with Crippen molar-refractivity contribution >= 4 is 29.7 Å². The van der Waals surface area contributed by atoms with Crippen LogP contribution in [0, 0.1) is 17.6 Å². The Hall–Kier alpha value is -3.28. The van der Waals surface area contributed by atoms with Crippen molar-refractivity contribution in [3.8, 4) is 16.9 Å². The molecule has 0 saturated carbocycles. The summed E-state index contributed by atoms with van der Waals surface area (Å²) in [5, 5.41) is 0. The van der Waals surface area contributed by atoms with E-state index in [1.807, 2.05) is 0 Å². The molecule has 0 N–H and O–H groups in total. The molecule has 0 aliphatic carbocycles. The lowest BCUT2D eigenvalue weighted by Gasteiger charge is -2.39. The normalized spacial score (nSPS) is 21.9. The number of hydrogen-bond donors (Lipinski definition) is 0. The number of ether oxygens (including phenoxy) is 4. The van der Waals surface area contributed by atoms with E-state index >= 15 is 0 Å². The van der Waals surface area contributed by atoms with Gasteiger partial charge in [-0.25, -0.2) is 9.37 Å². The van der Waals surface area contributed by atoms with Crippen LogP contribution in [-0.2, 0) is 28.6 Å². The molecule has 4 atom stereocenters. The van der Waals surface area contributed by atoms with Crippen LogP contribution in [0.4, 0.5) is 13.2 Å². The molecule has 1 aromatic carbocycles. The number of halogens is 3. The highest BCUT2D eigenvalue weighted by Crippen LogP contribution is 2.36. The molecule has 8 nitrogen and oxygen atoms in total. The Bertz CT molecular complexity index is 1080. The van der Waals surface area contributed by atoms with Crippen molar-refractivity contribution in [2.75, 3.05) is 5.75 Å². The summed E-state index contributed by atoms with van der Waals surface area (Å²) in [5.41, 5.74) is -0.707. The first kappa shape index (κ1) is 25.3. The second-order valence-corrected chi connectivity index (χ2v) is 8.39. The number of aromatic nitrogens is 1. The Morgan fingerprint density at radius 2 is 1.56 bits per heavy atom. The highest BCUT2D eigenvalue weighted by Gasteiger charge is 2.48. The quantitative estimate of drug-likeness (QED) is 0.336. The van der Waals surface area contributed by atoms with Gasteiger partial charge in [-0.05, 0) is 29.8 Å². The van der Waals surface area contributed by atoms with Crippen molar-refractivity contribution in [2.24, 2.45) is 0 Å². The molecule has 0 spiro atoms. The molecule has 2 heterocycles. The maximum Gasteiger partial charge on any atom is 0.303 e. The first-order valence-electron chi connectivity index (χ1n) is 9.96. The number of hydrogen-bond acceptors (Lipinski definition) is 9. The molecule has 1 aromatic heterocycles. The summed E-state index contributed by atoms with van der Waals surface area (Å²) in [6, 6.07) is 4.46. The van der Waals surface area contributed by atoms with Gasteiger partial charge in [-0.2, -0.15) is 8.78 Å². The van der Waals surface area contributed by atoms with Crippen LogP contribution in [-0.4, -0.2) is 52.4 Å². The average Bonchev–Trinajstić information content (AvgIpc) is 2.74. The molecular formula is C22H20F3NO7S. The number of carbonyl (C=O) groups excluding carboxylic acids is 3. The first-order valence-corrected chi connectivity index (χ1v) is 11.0.